The Bertz CT molecular complexity index is 484. The van der Waals surface area contributed by atoms with Gasteiger partial charge in [0.2, 0.25) is 0 Å². The molecule has 1 aromatic heterocycles. The van der Waals surface area contributed by atoms with E-state index >= 15 is 0 Å². The summed E-state index contributed by atoms with van der Waals surface area (Å²) in [6.07, 6.45) is -5.64. The second-order valence-corrected chi connectivity index (χ2v) is 3.86. The molecule has 10 nitrogen and oxygen atoms in total. The van der Waals surface area contributed by atoms with Gasteiger partial charge in [0.15, 0.2) is 0 Å². The first-order chi connectivity index (χ1) is 8.84. The van der Waals surface area contributed by atoms with Crippen molar-refractivity contribution in [3.05, 3.63) is 33.1 Å². The molecular formula is C9H16N4O6. The predicted molar refractivity (Wildman–Crippen MR) is 63.8 cm³/mol. The Morgan fingerprint density at radius 1 is 1.26 bits per heavy atom. The largest absolute Gasteiger partial charge is 0.388 e. The Balaban J connectivity index is 2.67. The molecule has 1 aromatic rings. The fourth-order valence-corrected chi connectivity index (χ4v) is 1.31. The quantitative estimate of drug-likeness (QED) is 0.254. The number of hydrogen-bond donors (Lipinski definition) is 7. The maximum Gasteiger partial charge on any atom is 0.347 e. The zero-order valence-corrected chi connectivity index (χ0v) is 9.80. The van der Waals surface area contributed by atoms with Crippen molar-refractivity contribution in [3.63, 3.8) is 0 Å². The van der Waals surface area contributed by atoms with Gasteiger partial charge < -0.3 is 36.6 Å². The summed E-state index contributed by atoms with van der Waals surface area (Å²) in [5.74, 6) is 0. The van der Waals surface area contributed by atoms with Crippen LogP contribution < -0.4 is 22.4 Å². The molecule has 0 bridgehead atoms. The van der Waals surface area contributed by atoms with Crippen LogP contribution in [0.1, 0.15) is 0 Å². The molecule has 1 heterocycles. The Morgan fingerprint density at radius 2 is 1.89 bits per heavy atom. The first-order valence-electron chi connectivity index (χ1n) is 5.37. The Morgan fingerprint density at radius 3 is 2.42 bits per heavy atom. The summed E-state index contributed by atoms with van der Waals surface area (Å²) in [4.78, 5) is 24.8. The highest BCUT2D eigenvalue weighted by Gasteiger charge is 2.28. The molecule has 8 N–H and O–H groups in total. The first-order valence-corrected chi connectivity index (χ1v) is 5.37. The van der Waals surface area contributed by atoms with Crippen LogP contribution in [0.2, 0.25) is 0 Å². The standard InChI is InChI=1S/C9H16N4O6/c10-8(18)7(17)6(16)4(14)3-12-13-5(15)1-2-11-9(13)19/h1-2,4,6-8,12,14,16-18H,3,10H2,(H,11,19)/t4-,6-,7-,8?/m0/s1. The molecule has 4 atom stereocenters. The number of nitrogens with zero attached hydrogens (tertiary/aromatic N) is 1. The number of aliphatic hydroxyl groups is 4. The summed E-state index contributed by atoms with van der Waals surface area (Å²) in [7, 11) is 0. The molecule has 0 saturated carbocycles. The van der Waals surface area contributed by atoms with E-state index in [1.54, 1.807) is 0 Å². The Kier molecular flexibility index (Phi) is 5.20. The highest BCUT2D eigenvalue weighted by atomic mass is 16.4. The lowest BCUT2D eigenvalue weighted by Crippen LogP contribution is -2.52. The van der Waals surface area contributed by atoms with Crippen molar-refractivity contribution in [1.29, 1.82) is 0 Å². The third kappa shape index (κ3) is 3.87. The molecule has 108 valence electrons. The van der Waals surface area contributed by atoms with Crippen LogP contribution in [0.5, 0.6) is 0 Å². The second kappa shape index (κ2) is 6.45. The highest BCUT2D eigenvalue weighted by molar-refractivity contribution is 4.89. The van der Waals surface area contributed by atoms with Crippen molar-refractivity contribution in [2.75, 3.05) is 12.0 Å². The van der Waals surface area contributed by atoms with Crippen molar-refractivity contribution in [3.8, 4) is 0 Å². The zero-order chi connectivity index (χ0) is 14.6. The minimum absolute atomic E-state index is 0.419. The summed E-state index contributed by atoms with van der Waals surface area (Å²) in [5.41, 5.74) is 5.79. The Hall–Kier alpha value is -1.72. The Labute approximate surface area is 106 Å². The van der Waals surface area contributed by atoms with Crippen molar-refractivity contribution in [2.24, 2.45) is 5.73 Å². The average molecular weight is 276 g/mol. The lowest BCUT2D eigenvalue weighted by Gasteiger charge is -2.24. The number of aromatic nitrogens is 2. The molecule has 1 rings (SSSR count). The molecule has 0 fully saturated rings. The normalized spacial score (nSPS) is 17.5. The van der Waals surface area contributed by atoms with Crippen molar-refractivity contribution in [1.82, 2.24) is 9.66 Å². The predicted octanol–water partition coefficient (Wildman–Crippen LogP) is -4.56. The maximum atomic E-state index is 11.3. The van der Waals surface area contributed by atoms with E-state index in [-0.39, 0.29) is 0 Å². The number of H-pyrrole nitrogens is 1. The summed E-state index contributed by atoms with van der Waals surface area (Å²) in [6, 6.07) is 1.08. The van der Waals surface area contributed by atoms with E-state index in [2.05, 4.69) is 10.4 Å². The van der Waals surface area contributed by atoms with Gasteiger partial charge in [0.05, 0.1) is 6.54 Å². The van der Waals surface area contributed by atoms with Crippen LogP contribution in [-0.4, -0.2) is 61.2 Å². The summed E-state index contributed by atoms with van der Waals surface area (Å²) < 4.78 is 0.585. The van der Waals surface area contributed by atoms with E-state index in [9.17, 15) is 24.9 Å². The van der Waals surface area contributed by atoms with Crippen LogP contribution in [0.4, 0.5) is 0 Å². The molecule has 0 aromatic carbocycles. The molecule has 0 amide bonds. The number of aliphatic hydroxyl groups excluding tert-OH is 4. The first kappa shape index (κ1) is 15.3. The van der Waals surface area contributed by atoms with Crippen LogP contribution in [0.15, 0.2) is 21.9 Å². The van der Waals surface area contributed by atoms with Gasteiger partial charge in [0.25, 0.3) is 5.56 Å². The molecule has 0 aliphatic rings. The molecule has 0 spiro atoms. The van der Waals surface area contributed by atoms with E-state index in [0.29, 0.717) is 4.68 Å². The number of nitrogens with two attached hydrogens (primary N) is 1. The van der Waals surface area contributed by atoms with Crippen LogP contribution in [0.25, 0.3) is 0 Å². The van der Waals surface area contributed by atoms with Gasteiger partial charge in [-0.05, 0) is 0 Å². The SMILES string of the molecule is NC(O)[C@@H](O)[C@@H](O)[C@@H](O)CNn1c(=O)cc[nH]c1=O. The summed E-state index contributed by atoms with van der Waals surface area (Å²) in [6.45, 7) is -0.419. The zero-order valence-electron chi connectivity index (χ0n) is 9.80. The van der Waals surface area contributed by atoms with Gasteiger partial charge in [0, 0.05) is 12.3 Å². The fraction of sp³-hybridized carbons (Fsp3) is 0.556. The van der Waals surface area contributed by atoms with Crippen molar-refractivity contribution >= 4 is 0 Å². The van der Waals surface area contributed by atoms with Gasteiger partial charge in [-0.3, -0.25) is 4.79 Å². The van der Waals surface area contributed by atoms with Gasteiger partial charge in [-0.15, -0.1) is 0 Å². The van der Waals surface area contributed by atoms with Gasteiger partial charge in [0.1, 0.15) is 24.5 Å². The molecule has 10 heteroatoms. The highest BCUT2D eigenvalue weighted by Crippen LogP contribution is 2.01. The topological polar surface area (TPSA) is 174 Å². The van der Waals surface area contributed by atoms with Gasteiger partial charge in [-0.2, -0.15) is 4.68 Å². The van der Waals surface area contributed by atoms with Gasteiger partial charge in [-0.1, -0.05) is 0 Å². The van der Waals surface area contributed by atoms with E-state index in [1.807, 2.05) is 0 Å². The molecule has 19 heavy (non-hydrogen) atoms. The maximum absolute atomic E-state index is 11.3. The van der Waals surface area contributed by atoms with E-state index in [0.717, 1.165) is 12.3 Å². The van der Waals surface area contributed by atoms with Gasteiger partial charge >= 0.3 is 5.69 Å². The number of hydrogen-bond acceptors (Lipinski definition) is 8. The molecule has 0 saturated heterocycles. The van der Waals surface area contributed by atoms with Crippen LogP contribution >= 0.6 is 0 Å². The summed E-state index contributed by atoms with van der Waals surface area (Å²) in [5, 5.41) is 37.0. The van der Waals surface area contributed by atoms with Crippen LogP contribution in [-0.2, 0) is 0 Å². The molecule has 1 unspecified atom stereocenters. The monoisotopic (exact) mass is 276 g/mol. The number of rotatable bonds is 6. The summed E-state index contributed by atoms with van der Waals surface area (Å²) >= 11 is 0. The lowest BCUT2D eigenvalue weighted by atomic mass is 10.1. The molecular weight excluding hydrogens is 260 g/mol. The average Bonchev–Trinajstić information content (AvgIpc) is 2.35. The molecule has 0 radical (unpaired) electrons. The van der Waals surface area contributed by atoms with Crippen molar-refractivity contribution in [2.45, 2.75) is 24.5 Å². The lowest BCUT2D eigenvalue weighted by molar-refractivity contribution is -0.0996. The number of nitrogens with one attached hydrogen (secondary N) is 2. The van der Waals surface area contributed by atoms with Crippen molar-refractivity contribution < 1.29 is 20.4 Å². The van der Waals surface area contributed by atoms with Gasteiger partial charge in [-0.25, -0.2) is 4.79 Å². The van der Waals surface area contributed by atoms with E-state index in [1.165, 1.54) is 0 Å². The van der Waals surface area contributed by atoms with E-state index < -0.39 is 42.3 Å². The third-order valence-electron chi connectivity index (χ3n) is 2.41. The third-order valence-corrected chi connectivity index (χ3v) is 2.41. The fourth-order valence-electron chi connectivity index (χ4n) is 1.31. The second-order valence-electron chi connectivity index (χ2n) is 3.86. The molecule has 0 aliphatic carbocycles. The smallest absolute Gasteiger partial charge is 0.347 e. The molecule has 0 aliphatic heterocycles. The van der Waals surface area contributed by atoms with Crippen LogP contribution in [0, 0.1) is 0 Å². The minimum atomic E-state index is -1.76. The van der Waals surface area contributed by atoms with E-state index in [4.69, 9.17) is 10.8 Å². The number of aromatic amines is 1. The van der Waals surface area contributed by atoms with Crippen LogP contribution in [0.3, 0.4) is 0 Å². The minimum Gasteiger partial charge on any atom is -0.388 e.